The molecule has 1 amide bonds. The molecule has 164 valence electrons. The summed E-state index contributed by atoms with van der Waals surface area (Å²) in [6.45, 7) is 3.38. The highest BCUT2D eigenvalue weighted by molar-refractivity contribution is 9.10. The van der Waals surface area contributed by atoms with Crippen LogP contribution in [0.25, 0.3) is 0 Å². The molecule has 0 unspecified atom stereocenters. The summed E-state index contributed by atoms with van der Waals surface area (Å²) in [6.07, 6.45) is 0.779. The normalized spacial score (nSPS) is 11.4. The summed E-state index contributed by atoms with van der Waals surface area (Å²) in [5, 5.41) is 2.80. The minimum absolute atomic E-state index is 0.111. The molecule has 0 saturated heterocycles. The summed E-state index contributed by atoms with van der Waals surface area (Å²) < 4.78 is 33.9. The van der Waals surface area contributed by atoms with Crippen molar-refractivity contribution in [2.75, 3.05) is 44.6 Å². The number of nitrogens with one attached hydrogen (secondary N) is 1. The average molecular weight is 498 g/mol. The van der Waals surface area contributed by atoms with Crippen LogP contribution in [0.2, 0.25) is 0 Å². The Kier molecular flexibility index (Phi) is 9.13. The van der Waals surface area contributed by atoms with Crippen LogP contribution in [0, 0.1) is 0 Å². The van der Waals surface area contributed by atoms with Crippen molar-refractivity contribution in [3.63, 3.8) is 0 Å². The highest BCUT2D eigenvalue weighted by atomic mass is 79.9. The van der Waals surface area contributed by atoms with Crippen LogP contribution in [-0.4, -0.2) is 59.6 Å². The molecule has 9 heteroatoms. The van der Waals surface area contributed by atoms with Crippen molar-refractivity contribution in [2.24, 2.45) is 0 Å². The fraction of sp³-hybridized carbons (Fsp3) is 0.381. The van der Waals surface area contributed by atoms with Gasteiger partial charge in [0, 0.05) is 11.0 Å². The summed E-state index contributed by atoms with van der Waals surface area (Å²) in [5.74, 6) is 0.277. The quantitative estimate of drug-likeness (QED) is 0.482. The number of carbonyl (C=O) groups excluding carboxylic acids is 1. The van der Waals surface area contributed by atoms with Gasteiger partial charge in [-0.2, -0.15) is 0 Å². The van der Waals surface area contributed by atoms with E-state index in [4.69, 9.17) is 4.74 Å². The van der Waals surface area contributed by atoms with E-state index in [2.05, 4.69) is 21.2 Å². The largest absolute Gasteiger partial charge is 0.494 e. The van der Waals surface area contributed by atoms with Crippen LogP contribution in [0.1, 0.15) is 13.3 Å². The van der Waals surface area contributed by atoms with Crippen LogP contribution in [0.3, 0.4) is 0 Å². The number of nitrogens with zero attached hydrogens (tertiary/aromatic N) is 2. The summed E-state index contributed by atoms with van der Waals surface area (Å²) in [5.41, 5.74) is 0.393. The first kappa shape index (κ1) is 24.2. The number of sulfonamides is 1. The predicted molar refractivity (Wildman–Crippen MR) is 122 cm³/mol. The number of benzene rings is 2. The lowest BCUT2D eigenvalue weighted by atomic mass is 10.3. The van der Waals surface area contributed by atoms with Gasteiger partial charge in [0.25, 0.3) is 10.0 Å². The van der Waals surface area contributed by atoms with Crippen LogP contribution in [0.5, 0.6) is 5.75 Å². The Hall–Kier alpha value is -2.10. The Morgan fingerprint density at radius 3 is 2.27 bits per heavy atom. The Morgan fingerprint density at radius 1 is 1.07 bits per heavy atom. The van der Waals surface area contributed by atoms with Gasteiger partial charge in [-0.25, -0.2) is 8.42 Å². The molecule has 0 fully saturated rings. The molecule has 0 aliphatic rings. The van der Waals surface area contributed by atoms with Crippen LogP contribution in [0.4, 0.5) is 5.69 Å². The molecule has 0 bridgehead atoms. The van der Waals surface area contributed by atoms with Crippen LogP contribution in [0.15, 0.2) is 57.9 Å². The second kappa shape index (κ2) is 11.3. The summed E-state index contributed by atoms with van der Waals surface area (Å²) in [7, 11) is -0.0153. The summed E-state index contributed by atoms with van der Waals surface area (Å²) in [6, 6.07) is 13.0. The summed E-state index contributed by atoms with van der Waals surface area (Å²) in [4.78, 5) is 14.6. The number of hydrogen-bond acceptors (Lipinski definition) is 5. The van der Waals surface area contributed by atoms with Gasteiger partial charge < -0.3 is 15.0 Å². The van der Waals surface area contributed by atoms with Gasteiger partial charge in [0.2, 0.25) is 5.91 Å². The van der Waals surface area contributed by atoms with E-state index in [1.807, 2.05) is 25.9 Å². The topological polar surface area (TPSA) is 79.0 Å². The first-order valence-electron chi connectivity index (χ1n) is 9.66. The van der Waals surface area contributed by atoms with Crippen molar-refractivity contribution in [2.45, 2.75) is 18.2 Å². The highest BCUT2D eigenvalue weighted by Crippen LogP contribution is 2.26. The molecule has 0 saturated carbocycles. The number of carbonyl (C=O) groups is 1. The number of amides is 1. The van der Waals surface area contributed by atoms with E-state index in [-0.39, 0.29) is 17.3 Å². The first-order chi connectivity index (χ1) is 14.2. The minimum atomic E-state index is -3.93. The predicted octanol–water partition coefficient (Wildman–Crippen LogP) is 3.11. The molecule has 2 aromatic carbocycles. The molecule has 0 radical (unpaired) electrons. The van der Waals surface area contributed by atoms with E-state index in [9.17, 15) is 13.2 Å². The molecule has 1 N–H and O–H groups in total. The number of ether oxygens (including phenoxy) is 1. The van der Waals surface area contributed by atoms with E-state index >= 15 is 0 Å². The average Bonchev–Trinajstić information content (AvgIpc) is 2.70. The number of hydrogen-bond donors (Lipinski definition) is 1. The maximum Gasteiger partial charge on any atom is 0.264 e. The monoisotopic (exact) mass is 497 g/mol. The van der Waals surface area contributed by atoms with E-state index in [0.717, 1.165) is 21.7 Å². The number of halogens is 1. The van der Waals surface area contributed by atoms with Gasteiger partial charge in [0.15, 0.2) is 0 Å². The maximum absolute atomic E-state index is 13.3. The molecule has 0 aliphatic carbocycles. The van der Waals surface area contributed by atoms with Gasteiger partial charge in [-0.05, 0) is 82.5 Å². The second-order valence-electron chi connectivity index (χ2n) is 6.90. The van der Waals surface area contributed by atoms with Gasteiger partial charge in [-0.15, -0.1) is 0 Å². The zero-order valence-electron chi connectivity index (χ0n) is 17.5. The van der Waals surface area contributed by atoms with E-state index in [1.165, 1.54) is 12.1 Å². The van der Waals surface area contributed by atoms with Crippen molar-refractivity contribution in [1.82, 2.24) is 10.2 Å². The molecule has 0 aliphatic heterocycles. The number of anilines is 1. The third-order valence-electron chi connectivity index (χ3n) is 4.23. The summed E-state index contributed by atoms with van der Waals surface area (Å²) >= 11 is 3.31. The number of rotatable bonds is 11. The first-order valence-corrected chi connectivity index (χ1v) is 11.9. The zero-order chi connectivity index (χ0) is 22.1. The van der Waals surface area contributed by atoms with Gasteiger partial charge in [0.1, 0.15) is 12.3 Å². The standard InChI is InChI=1S/C21H28BrN3O4S/c1-4-29-19-10-8-18(9-11-19)25(16-21(26)23-14-5-15-24(2)3)30(27,28)20-12-6-17(22)7-13-20/h6-13H,4-5,14-16H2,1-3H3,(H,23,26). The second-order valence-corrected chi connectivity index (χ2v) is 9.68. The third-order valence-corrected chi connectivity index (χ3v) is 6.55. The smallest absolute Gasteiger partial charge is 0.264 e. The van der Waals surface area contributed by atoms with Crippen molar-refractivity contribution in [3.05, 3.63) is 53.0 Å². The maximum atomic E-state index is 13.3. The van der Waals surface area contributed by atoms with Gasteiger partial charge in [-0.1, -0.05) is 15.9 Å². The lowest BCUT2D eigenvalue weighted by Crippen LogP contribution is -2.41. The SMILES string of the molecule is CCOc1ccc(N(CC(=O)NCCCN(C)C)S(=O)(=O)c2ccc(Br)cc2)cc1. The fourth-order valence-electron chi connectivity index (χ4n) is 2.73. The van der Waals surface area contributed by atoms with Crippen molar-refractivity contribution in [3.8, 4) is 5.75 Å². The van der Waals surface area contributed by atoms with Crippen molar-refractivity contribution < 1.29 is 17.9 Å². The molecule has 7 nitrogen and oxygen atoms in total. The fourth-order valence-corrected chi connectivity index (χ4v) is 4.42. The van der Waals surface area contributed by atoms with Gasteiger partial charge >= 0.3 is 0 Å². The molecular formula is C21H28BrN3O4S. The van der Waals surface area contributed by atoms with Crippen molar-refractivity contribution >= 4 is 37.5 Å². The molecule has 30 heavy (non-hydrogen) atoms. The molecule has 0 spiro atoms. The zero-order valence-corrected chi connectivity index (χ0v) is 19.9. The third kappa shape index (κ3) is 7.00. The van der Waals surface area contributed by atoms with Crippen LogP contribution >= 0.6 is 15.9 Å². The molecule has 0 heterocycles. The van der Waals surface area contributed by atoms with Crippen LogP contribution in [-0.2, 0) is 14.8 Å². The molecule has 0 atom stereocenters. The van der Waals surface area contributed by atoms with E-state index in [1.54, 1.807) is 36.4 Å². The van der Waals surface area contributed by atoms with Crippen molar-refractivity contribution in [1.29, 1.82) is 0 Å². The van der Waals surface area contributed by atoms with E-state index in [0.29, 0.717) is 24.6 Å². The van der Waals surface area contributed by atoms with E-state index < -0.39 is 10.0 Å². The Labute approximate surface area is 187 Å². The molecule has 2 aromatic rings. The van der Waals surface area contributed by atoms with Gasteiger partial charge in [-0.3, -0.25) is 9.10 Å². The Morgan fingerprint density at radius 2 is 1.70 bits per heavy atom. The lowest BCUT2D eigenvalue weighted by molar-refractivity contribution is -0.119. The lowest BCUT2D eigenvalue weighted by Gasteiger charge is -2.24. The minimum Gasteiger partial charge on any atom is -0.494 e. The van der Waals surface area contributed by atoms with Gasteiger partial charge in [0.05, 0.1) is 17.2 Å². The molecular weight excluding hydrogens is 470 g/mol. The molecule has 2 rings (SSSR count). The highest BCUT2D eigenvalue weighted by Gasteiger charge is 2.27. The Bertz CT molecular complexity index is 916. The Balaban J connectivity index is 2.25. The molecule has 0 aromatic heterocycles. The van der Waals surface area contributed by atoms with Crippen LogP contribution < -0.4 is 14.4 Å².